The highest BCUT2D eigenvalue weighted by atomic mass is 35.6. The van der Waals surface area contributed by atoms with Crippen LogP contribution in [0.5, 0.6) is 0 Å². The van der Waals surface area contributed by atoms with Crippen molar-refractivity contribution in [3.63, 3.8) is 0 Å². The SMILES string of the molecule is Cc1cccc2nc(C(Cl)(Cl)Cl)cc(Cl)c12. The molecule has 0 aliphatic heterocycles. The molecule has 0 aliphatic carbocycles. The quantitative estimate of drug-likeness (QED) is 0.622. The van der Waals surface area contributed by atoms with E-state index >= 15 is 0 Å². The molecular formula is C11H7Cl4N. The van der Waals surface area contributed by atoms with Crippen LogP contribution in [0.15, 0.2) is 24.3 Å². The minimum Gasteiger partial charge on any atom is -0.248 e. The zero-order chi connectivity index (χ0) is 11.9. The van der Waals surface area contributed by atoms with Gasteiger partial charge in [-0.3, -0.25) is 0 Å². The number of aryl methyl sites for hydroxylation is 1. The fourth-order valence-corrected chi connectivity index (χ4v) is 2.20. The second kappa shape index (κ2) is 4.23. The van der Waals surface area contributed by atoms with Gasteiger partial charge in [-0.25, -0.2) is 4.98 Å². The molecule has 0 atom stereocenters. The first-order chi connectivity index (χ1) is 7.39. The molecule has 0 fully saturated rings. The summed E-state index contributed by atoms with van der Waals surface area (Å²) in [5.74, 6) is 0. The molecule has 2 rings (SSSR count). The second-order valence-corrected chi connectivity index (χ2v) is 6.14. The Bertz CT molecular complexity index is 545. The number of benzene rings is 1. The molecule has 0 spiro atoms. The molecule has 1 nitrogen and oxygen atoms in total. The number of nitrogens with zero attached hydrogens (tertiary/aromatic N) is 1. The van der Waals surface area contributed by atoms with Crippen LogP contribution in [-0.4, -0.2) is 4.98 Å². The summed E-state index contributed by atoms with van der Waals surface area (Å²) in [7, 11) is 0. The Hall–Kier alpha value is -0.210. The molecule has 1 heterocycles. The van der Waals surface area contributed by atoms with Crippen LogP contribution in [0.1, 0.15) is 11.3 Å². The Morgan fingerprint density at radius 2 is 1.88 bits per heavy atom. The summed E-state index contributed by atoms with van der Waals surface area (Å²) in [5.41, 5.74) is 2.11. The van der Waals surface area contributed by atoms with Gasteiger partial charge in [0.1, 0.15) is 0 Å². The van der Waals surface area contributed by atoms with Crippen LogP contribution >= 0.6 is 46.4 Å². The molecule has 0 bridgehead atoms. The van der Waals surface area contributed by atoms with Crippen LogP contribution in [0.4, 0.5) is 0 Å². The van der Waals surface area contributed by atoms with Crippen LogP contribution in [-0.2, 0) is 3.79 Å². The third kappa shape index (κ3) is 2.23. The summed E-state index contributed by atoms with van der Waals surface area (Å²) in [4.78, 5) is 4.29. The number of halogens is 4. The first-order valence-corrected chi connectivity index (χ1v) is 6.04. The van der Waals surface area contributed by atoms with Crippen molar-refractivity contribution in [3.05, 3.63) is 40.5 Å². The van der Waals surface area contributed by atoms with Crippen molar-refractivity contribution in [3.8, 4) is 0 Å². The Kier molecular flexibility index (Phi) is 3.24. The van der Waals surface area contributed by atoms with Crippen molar-refractivity contribution >= 4 is 57.3 Å². The van der Waals surface area contributed by atoms with Gasteiger partial charge >= 0.3 is 0 Å². The molecule has 2 aromatic rings. The molecule has 84 valence electrons. The fraction of sp³-hybridized carbons (Fsp3) is 0.182. The lowest BCUT2D eigenvalue weighted by Crippen LogP contribution is -2.04. The normalized spacial score (nSPS) is 12.1. The number of rotatable bonds is 0. The van der Waals surface area contributed by atoms with Crippen molar-refractivity contribution < 1.29 is 0 Å². The molecular weight excluding hydrogens is 288 g/mol. The van der Waals surface area contributed by atoms with Gasteiger partial charge in [0.25, 0.3) is 0 Å². The summed E-state index contributed by atoms with van der Waals surface area (Å²) in [6.07, 6.45) is 0. The topological polar surface area (TPSA) is 12.9 Å². The molecule has 0 amide bonds. The van der Waals surface area contributed by atoms with Gasteiger partial charge in [0.05, 0.1) is 16.2 Å². The average molecular weight is 295 g/mol. The number of aromatic nitrogens is 1. The lowest BCUT2D eigenvalue weighted by molar-refractivity contribution is 1.12. The summed E-state index contributed by atoms with van der Waals surface area (Å²) >= 11 is 23.5. The first kappa shape index (κ1) is 12.3. The largest absolute Gasteiger partial charge is 0.248 e. The van der Waals surface area contributed by atoms with Crippen LogP contribution in [0.3, 0.4) is 0 Å². The number of fused-ring (bicyclic) bond motifs is 1. The summed E-state index contributed by atoms with van der Waals surface area (Å²) in [6, 6.07) is 7.28. The minimum absolute atomic E-state index is 0.334. The van der Waals surface area contributed by atoms with E-state index in [-0.39, 0.29) is 0 Å². The van der Waals surface area contributed by atoms with E-state index in [4.69, 9.17) is 46.4 Å². The highest BCUT2D eigenvalue weighted by molar-refractivity contribution is 6.66. The standard InChI is InChI=1S/C11H7Cl4N/c1-6-3-2-4-8-10(6)7(12)5-9(16-8)11(13,14)15/h2-5H,1H3. The van der Waals surface area contributed by atoms with E-state index in [1.807, 2.05) is 25.1 Å². The van der Waals surface area contributed by atoms with Crippen molar-refractivity contribution in [2.24, 2.45) is 0 Å². The Labute approximate surface area is 113 Å². The van der Waals surface area contributed by atoms with Crippen molar-refractivity contribution in [2.75, 3.05) is 0 Å². The van der Waals surface area contributed by atoms with Crippen molar-refractivity contribution in [1.82, 2.24) is 4.98 Å². The summed E-state index contributed by atoms with van der Waals surface area (Å²) < 4.78 is -1.55. The number of hydrogen-bond donors (Lipinski definition) is 0. The van der Waals surface area contributed by atoms with Crippen LogP contribution in [0, 0.1) is 6.92 Å². The lowest BCUT2D eigenvalue weighted by atomic mass is 10.1. The average Bonchev–Trinajstić information content (AvgIpc) is 2.15. The summed E-state index contributed by atoms with van der Waals surface area (Å²) in [5, 5.41) is 1.44. The smallest absolute Gasteiger partial charge is 0.232 e. The van der Waals surface area contributed by atoms with Gasteiger partial charge in [-0.1, -0.05) is 58.5 Å². The molecule has 0 saturated carbocycles. The van der Waals surface area contributed by atoms with E-state index in [0.717, 1.165) is 16.5 Å². The third-order valence-electron chi connectivity index (χ3n) is 2.28. The zero-order valence-corrected chi connectivity index (χ0v) is 11.3. The van der Waals surface area contributed by atoms with Gasteiger partial charge in [-0.2, -0.15) is 0 Å². The van der Waals surface area contributed by atoms with Gasteiger partial charge in [0.15, 0.2) is 0 Å². The van der Waals surface area contributed by atoms with Crippen molar-refractivity contribution in [1.29, 1.82) is 0 Å². The summed E-state index contributed by atoms with van der Waals surface area (Å²) in [6.45, 7) is 1.96. The maximum absolute atomic E-state index is 6.16. The van der Waals surface area contributed by atoms with Gasteiger partial charge < -0.3 is 0 Å². The van der Waals surface area contributed by atoms with Crippen molar-refractivity contribution in [2.45, 2.75) is 10.7 Å². The predicted molar refractivity (Wildman–Crippen MR) is 70.7 cm³/mol. The molecule has 0 unspecified atom stereocenters. The van der Waals surface area contributed by atoms with Gasteiger partial charge in [-0.05, 0) is 24.6 Å². The van der Waals surface area contributed by atoms with E-state index in [0.29, 0.717) is 10.7 Å². The number of pyridine rings is 1. The van der Waals surface area contributed by atoms with Crippen LogP contribution in [0.25, 0.3) is 10.9 Å². The van der Waals surface area contributed by atoms with Gasteiger partial charge in [-0.15, -0.1) is 0 Å². The maximum Gasteiger partial charge on any atom is 0.232 e. The molecule has 1 aromatic carbocycles. The second-order valence-electron chi connectivity index (χ2n) is 3.46. The van der Waals surface area contributed by atoms with E-state index in [9.17, 15) is 0 Å². The number of alkyl halides is 3. The minimum atomic E-state index is -1.55. The first-order valence-electron chi connectivity index (χ1n) is 4.52. The van der Waals surface area contributed by atoms with E-state index in [2.05, 4.69) is 4.98 Å². The van der Waals surface area contributed by atoms with Gasteiger partial charge in [0.2, 0.25) is 3.79 Å². The van der Waals surface area contributed by atoms with Crippen LogP contribution < -0.4 is 0 Å². The third-order valence-corrected chi connectivity index (χ3v) is 3.16. The van der Waals surface area contributed by atoms with E-state index < -0.39 is 3.79 Å². The molecule has 0 saturated heterocycles. The highest BCUT2D eigenvalue weighted by Crippen LogP contribution is 2.39. The molecule has 0 N–H and O–H groups in total. The Morgan fingerprint density at radius 1 is 1.19 bits per heavy atom. The van der Waals surface area contributed by atoms with Gasteiger partial charge in [0, 0.05) is 5.39 Å². The maximum atomic E-state index is 6.16. The predicted octanol–water partition coefficient (Wildman–Crippen LogP) is 5.02. The Morgan fingerprint density at radius 3 is 2.50 bits per heavy atom. The molecule has 5 heteroatoms. The van der Waals surface area contributed by atoms with Crippen LogP contribution in [0.2, 0.25) is 5.02 Å². The molecule has 0 aliphatic rings. The lowest BCUT2D eigenvalue weighted by Gasteiger charge is -2.12. The Balaban J connectivity index is 2.79. The molecule has 16 heavy (non-hydrogen) atoms. The zero-order valence-electron chi connectivity index (χ0n) is 8.27. The van der Waals surface area contributed by atoms with E-state index in [1.54, 1.807) is 6.07 Å². The number of hydrogen-bond acceptors (Lipinski definition) is 1. The molecule has 1 aromatic heterocycles. The van der Waals surface area contributed by atoms with E-state index in [1.165, 1.54) is 0 Å². The molecule has 0 radical (unpaired) electrons. The fourth-order valence-electron chi connectivity index (χ4n) is 1.56. The highest BCUT2D eigenvalue weighted by Gasteiger charge is 2.25. The monoisotopic (exact) mass is 293 g/mol.